The fourth-order valence-corrected chi connectivity index (χ4v) is 2.46. The molecule has 0 aliphatic carbocycles. The molecule has 0 saturated carbocycles. The zero-order valence-corrected chi connectivity index (χ0v) is 11.9. The van der Waals surface area contributed by atoms with Gasteiger partial charge in [-0.05, 0) is 30.8 Å². The lowest BCUT2D eigenvalue weighted by molar-refractivity contribution is 0.213. The van der Waals surface area contributed by atoms with Gasteiger partial charge in [-0.1, -0.05) is 32.0 Å². The predicted octanol–water partition coefficient (Wildman–Crippen LogP) is 3.32. The number of rotatable bonds is 6. The number of nitroso groups, excluding NO2 is 1. The fourth-order valence-electron chi connectivity index (χ4n) is 2.46. The number of nitrogens with two attached hydrogens (primary N) is 1. The second-order valence-electron chi connectivity index (χ2n) is 4.74. The number of pyridine rings is 1. The van der Waals surface area contributed by atoms with E-state index in [1.54, 1.807) is 6.20 Å². The van der Waals surface area contributed by atoms with Crippen LogP contribution in [0.15, 0.2) is 35.6 Å². The summed E-state index contributed by atoms with van der Waals surface area (Å²) < 4.78 is 0. The third kappa shape index (κ3) is 2.69. The molecule has 0 bridgehead atoms. The van der Waals surface area contributed by atoms with E-state index in [0.29, 0.717) is 11.2 Å². The van der Waals surface area contributed by atoms with Gasteiger partial charge in [-0.2, -0.15) is 0 Å². The van der Waals surface area contributed by atoms with Crippen molar-refractivity contribution in [3.63, 3.8) is 0 Å². The normalized spacial score (nSPS) is 12.8. The second kappa shape index (κ2) is 6.54. The van der Waals surface area contributed by atoms with Gasteiger partial charge in [0.2, 0.25) is 0 Å². The Morgan fingerprint density at radius 1 is 1.35 bits per heavy atom. The van der Waals surface area contributed by atoms with Gasteiger partial charge in [-0.3, -0.25) is 9.88 Å². The van der Waals surface area contributed by atoms with Gasteiger partial charge in [-0.25, -0.2) is 0 Å². The van der Waals surface area contributed by atoms with E-state index < -0.39 is 0 Å². The summed E-state index contributed by atoms with van der Waals surface area (Å²) >= 11 is 0. The van der Waals surface area contributed by atoms with Crippen LogP contribution in [0.25, 0.3) is 10.9 Å². The largest absolute Gasteiger partial charge is 0.312 e. The maximum atomic E-state index is 11.3. The van der Waals surface area contributed by atoms with E-state index in [-0.39, 0.29) is 6.17 Å². The van der Waals surface area contributed by atoms with Crippen molar-refractivity contribution in [3.8, 4) is 0 Å². The molecular weight excluding hydrogens is 252 g/mol. The van der Waals surface area contributed by atoms with Gasteiger partial charge < -0.3 is 5.73 Å². The van der Waals surface area contributed by atoms with Crippen molar-refractivity contribution in [3.05, 3.63) is 40.9 Å². The highest BCUT2D eigenvalue weighted by atomic mass is 16.3. The van der Waals surface area contributed by atoms with Gasteiger partial charge in [0.1, 0.15) is 5.69 Å². The van der Waals surface area contributed by atoms with Crippen molar-refractivity contribution >= 4 is 16.6 Å². The topological polar surface area (TPSA) is 71.6 Å². The molecule has 1 atom stereocenters. The minimum absolute atomic E-state index is 0.334. The summed E-state index contributed by atoms with van der Waals surface area (Å²) in [5.41, 5.74) is 8.01. The zero-order valence-electron chi connectivity index (χ0n) is 11.9. The molecule has 0 fully saturated rings. The molecule has 1 unspecified atom stereocenters. The molecule has 106 valence electrons. The summed E-state index contributed by atoms with van der Waals surface area (Å²) in [6.45, 7) is 5.88. The van der Waals surface area contributed by atoms with E-state index in [0.717, 1.165) is 30.5 Å². The van der Waals surface area contributed by atoms with Crippen LogP contribution in [0.2, 0.25) is 0 Å². The molecule has 0 radical (unpaired) electrons. The fraction of sp³-hybridized carbons (Fsp3) is 0.400. The minimum Gasteiger partial charge on any atom is -0.312 e. The maximum Gasteiger partial charge on any atom is 0.140 e. The van der Waals surface area contributed by atoms with Gasteiger partial charge in [0.15, 0.2) is 0 Å². The monoisotopic (exact) mass is 272 g/mol. The first-order chi connectivity index (χ1) is 9.72. The number of hydrogen-bond acceptors (Lipinski definition) is 5. The van der Waals surface area contributed by atoms with E-state index in [2.05, 4.69) is 28.9 Å². The smallest absolute Gasteiger partial charge is 0.140 e. The van der Waals surface area contributed by atoms with Crippen LogP contribution in [0.1, 0.15) is 32.0 Å². The molecule has 0 amide bonds. The molecular formula is C15H20N4O. The van der Waals surface area contributed by atoms with Gasteiger partial charge in [0.25, 0.3) is 0 Å². The summed E-state index contributed by atoms with van der Waals surface area (Å²) in [4.78, 5) is 17.6. The van der Waals surface area contributed by atoms with Crippen LogP contribution >= 0.6 is 0 Å². The van der Waals surface area contributed by atoms with Crippen molar-refractivity contribution in [2.45, 2.75) is 26.4 Å². The number of aromatic nitrogens is 1. The molecule has 20 heavy (non-hydrogen) atoms. The lowest BCUT2D eigenvalue weighted by Gasteiger charge is -2.28. The van der Waals surface area contributed by atoms with Gasteiger partial charge in [-0.15, -0.1) is 4.91 Å². The molecule has 5 nitrogen and oxygen atoms in total. The van der Waals surface area contributed by atoms with E-state index in [1.807, 2.05) is 24.3 Å². The molecule has 2 aromatic rings. The molecule has 2 rings (SSSR count). The van der Waals surface area contributed by atoms with Crippen molar-refractivity contribution in [1.82, 2.24) is 9.88 Å². The third-order valence-corrected chi connectivity index (χ3v) is 3.50. The highest BCUT2D eigenvalue weighted by Crippen LogP contribution is 2.32. The Morgan fingerprint density at radius 2 is 2.15 bits per heavy atom. The Balaban J connectivity index is 2.50. The number of hydrogen-bond donors (Lipinski definition) is 1. The number of fused-ring (bicyclic) bond motifs is 1. The Labute approximate surface area is 118 Å². The van der Waals surface area contributed by atoms with Gasteiger partial charge in [0, 0.05) is 17.1 Å². The average Bonchev–Trinajstić information content (AvgIpc) is 2.50. The van der Waals surface area contributed by atoms with Crippen molar-refractivity contribution in [1.29, 1.82) is 0 Å². The SMILES string of the molecule is CCCN(CC)C(N)c1ccc2cccnc2c1N=O. The number of benzene rings is 1. The van der Waals surface area contributed by atoms with Crippen LogP contribution in [0, 0.1) is 4.91 Å². The second-order valence-corrected chi connectivity index (χ2v) is 4.74. The van der Waals surface area contributed by atoms with Crippen LogP contribution in [-0.2, 0) is 0 Å². The molecule has 1 aromatic heterocycles. The van der Waals surface area contributed by atoms with Crippen LogP contribution in [0.4, 0.5) is 5.69 Å². The van der Waals surface area contributed by atoms with Crippen molar-refractivity contribution in [2.24, 2.45) is 10.9 Å². The quantitative estimate of drug-likeness (QED) is 0.646. The van der Waals surface area contributed by atoms with E-state index >= 15 is 0 Å². The maximum absolute atomic E-state index is 11.3. The Kier molecular flexibility index (Phi) is 4.76. The molecule has 0 spiro atoms. The first kappa shape index (κ1) is 14.6. The van der Waals surface area contributed by atoms with Crippen LogP contribution in [0.3, 0.4) is 0 Å². The summed E-state index contributed by atoms with van der Waals surface area (Å²) in [5.74, 6) is 0. The highest BCUT2D eigenvalue weighted by molar-refractivity contribution is 5.90. The first-order valence-electron chi connectivity index (χ1n) is 6.93. The lowest BCUT2D eigenvalue weighted by atomic mass is 10.1. The summed E-state index contributed by atoms with van der Waals surface area (Å²) in [6, 6.07) is 7.57. The lowest BCUT2D eigenvalue weighted by Crippen LogP contribution is -2.35. The van der Waals surface area contributed by atoms with Crippen LogP contribution in [-0.4, -0.2) is 23.0 Å². The number of nitrogens with zero attached hydrogens (tertiary/aromatic N) is 3. The molecule has 0 aliphatic heterocycles. The summed E-state index contributed by atoms with van der Waals surface area (Å²) in [7, 11) is 0. The van der Waals surface area contributed by atoms with E-state index in [4.69, 9.17) is 5.73 Å². The predicted molar refractivity (Wildman–Crippen MR) is 81.7 cm³/mol. The van der Waals surface area contributed by atoms with Gasteiger partial charge in [0.05, 0.1) is 11.7 Å². The minimum atomic E-state index is -0.334. The molecule has 1 heterocycles. The molecule has 1 aromatic carbocycles. The van der Waals surface area contributed by atoms with E-state index in [1.165, 1.54) is 0 Å². The first-order valence-corrected chi connectivity index (χ1v) is 6.93. The third-order valence-electron chi connectivity index (χ3n) is 3.50. The Hall–Kier alpha value is -1.85. The summed E-state index contributed by atoms with van der Waals surface area (Å²) in [5, 5.41) is 4.08. The van der Waals surface area contributed by atoms with Crippen LogP contribution in [0.5, 0.6) is 0 Å². The molecule has 0 aliphatic rings. The molecule has 5 heteroatoms. The average molecular weight is 272 g/mol. The Bertz CT molecular complexity index is 599. The summed E-state index contributed by atoms with van der Waals surface area (Å²) in [6.07, 6.45) is 2.34. The van der Waals surface area contributed by atoms with Gasteiger partial charge >= 0.3 is 0 Å². The molecule has 0 saturated heterocycles. The van der Waals surface area contributed by atoms with Crippen molar-refractivity contribution in [2.75, 3.05) is 13.1 Å². The van der Waals surface area contributed by atoms with Crippen molar-refractivity contribution < 1.29 is 0 Å². The highest BCUT2D eigenvalue weighted by Gasteiger charge is 2.20. The Morgan fingerprint density at radius 3 is 2.80 bits per heavy atom. The molecule has 2 N–H and O–H groups in total. The zero-order chi connectivity index (χ0) is 14.5. The van der Waals surface area contributed by atoms with Crippen LogP contribution < -0.4 is 5.73 Å². The standard InChI is InChI=1S/C15H20N4O/c1-3-10-19(4-2)15(16)12-8-7-11-6-5-9-17-13(11)14(12)18-20/h5-9,15H,3-4,10,16H2,1-2H3. The van der Waals surface area contributed by atoms with E-state index in [9.17, 15) is 4.91 Å².